The Morgan fingerprint density at radius 3 is 1.64 bits per heavy atom. The Bertz CT molecular complexity index is 1210. The maximum atomic E-state index is 6.09. The fraction of sp³-hybridized carbons (Fsp3) is 0.242. The molecule has 0 unspecified atom stereocenters. The summed E-state index contributed by atoms with van der Waals surface area (Å²) in [7, 11) is 0. The SMILES string of the molecule is NN=C[C@@]1(Cc2ccccc2)[C@@H]2CC[C@@H](C2)[C@H]1[Sn]([c]1ccccc1)([c]1ccccc1)[c]1ccccc1. The van der Waals surface area contributed by atoms with Gasteiger partial charge in [-0.25, -0.2) is 0 Å². The van der Waals surface area contributed by atoms with Crippen LogP contribution in [0.2, 0.25) is 3.93 Å². The van der Waals surface area contributed by atoms with Crippen LogP contribution in [0.15, 0.2) is 126 Å². The number of hydrogen-bond donors (Lipinski definition) is 1. The van der Waals surface area contributed by atoms with Crippen molar-refractivity contribution in [2.75, 3.05) is 0 Å². The Hall–Kier alpha value is -2.85. The molecule has 4 atom stereocenters. The molecule has 0 amide bonds. The molecule has 4 aromatic rings. The zero-order valence-electron chi connectivity index (χ0n) is 20.7. The van der Waals surface area contributed by atoms with Crippen molar-refractivity contribution in [1.29, 1.82) is 0 Å². The van der Waals surface area contributed by atoms with Gasteiger partial charge in [0, 0.05) is 0 Å². The van der Waals surface area contributed by atoms with Crippen LogP contribution in [0.3, 0.4) is 0 Å². The molecule has 36 heavy (non-hydrogen) atoms. The van der Waals surface area contributed by atoms with Gasteiger partial charge in [-0.1, -0.05) is 0 Å². The van der Waals surface area contributed by atoms with Crippen molar-refractivity contribution >= 4 is 35.3 Å². The van der Waals surface area contributed by atoms with Crippen LogP contribution in [0.5, 0.6) is 0 Å². The second kappa shape index (κ2) is 9.89. The average molecular weight is 577 g/mol. The molecule has 0 aromatic heterocycles. The first-order valence-corrected chi connectivity index (χ1v) is 19.2. The normalized spacial score (nSPS) is 25.4. The molecule has 0 heterocycles. The predicted molar refractivity (Wildman–Crippen MR) is 154 cm³/mol. The van der Waals surface area contributed by atoms with E-state index in [0.29, 0.717) is 15.8 Å². The first-order valence-electron chi connectivity index (χ1n) is 13.2. The van der Waals surface area contributed by atoms with Gasteiger partial charge in [-0.15, -0.1) is 0 Å². The van der Waals surface area contributed by atoms with Gasteiger partial charge in [-0.05, 0) is 0 Å². The minimum absolute atomic E-state index is 0.0450. The second-order valence-corrected chi connectivity index (χ2v) is 22.0. The van der Waals surface area contributed by atoms with E-state index in [1.54, 1.807) is 10.7 Å². The molecule has 2 N–H and O–H groups in total. The summed E-state index contributed by atoms with van der Waals surface area (Å²) in [6.07, 6.45) is 7.09. The van der Waals surface area contributed by atoms with Crippen LogP contribution in [0.4, 0.5) is 0 Å². The van der Waals surface area contributed by atoms with E-state index in [-0.39, 0.29) is 5.41 Å². The maximum absolute atomic E-state index is 6.09. The van der Waals surface area contributed by atoms with E-state index >= 15 is 0 Å². The van der Waals surface area contributed by atoms with Gasteiger partial charge < -0.3 is 0 Å². The van der Waals surface area contributed by atoms with E-state index in [1.807, 2.05) is 0 Å². The number of rotatable bonds is 7. The zero-order chi connectivity index (χ0) is 24.4. The summed E-state index contributed by atoms with van der Waals surface area (Å²) in [5, 5.41) is 4.36. The minimum atomic E-state index is -3.64. The molecular weight excluding hydrogens is 543 g/mol. The van der Waals surface area contributed by atoms with Crippen LogP contribution >= 0.6 is 0 Å². The molecule has 2 bridgehead atoms. The van der Waals surface area contributed by atoms with Crippen LogP contribution in [0.1, 0.15) is 24.8 Å². The van der Waals surface area contributed by atoms with E-state index in [2.05, 4.69) is 133 Å². The molecule has 2 saturated carbocycles. The van der Waals surface area contributed by atoms with Crippen LogP contribution in [-0.2, 0) is 6.42 Å². The van der Waals surface area contributed by atoms with Gasteiger partial charge in [0.25, 0.3) is 0 Å². The third-order valence-corrected chi connectivity index (χ3v) is 25.3. The standard InChI is InChI=1S/C15H19N2.3C6H5.Sn/c16-17-11-15(9-12-4-2-1-3-5-12)10-13-6-7-14(15)8-13;3*1-2-4-6-5-3-1;/h1-5,10-11,13-14H,6-9,16H2;3*1-5H;/t13-,14+,15-;;;;/m0..../s1. The fourth-order valence-corrected chi connectivity index (χ4v) is 26.4. The second-order valence-electron chi connectivity index (χ2n) is 10.7. The Balaban J connectivity index is 1.68. The first-order chi connectivity index (χ1) is 17.8. The van der Waals surface area contributed by atoms with Crippen molar-refractivity contribution < 1.29 is 0 Å². The van der Waals surface area contributed by atoms with Crippen LogP contribution in [0, 0.1) is 17.3 Å². The summed E-state index contributed by atoms with van der Waals surface area (Å²) < 4.78 is 5.21. The van der Waals surface area contributed by atoms with Gasteiger partial charge >= 0.3 is 220 Å². The van der Waals surface area contributed by atoms with Gasteiger partial charge in [0.05, 0.1) is 0 Å². The quantitative estimate of drug-likeness (QED) is 0.141. The summed E-state index contributed by atoms with van der Waals surface area (Å²) in [6, 6.07) is 45.6. The number of nitrogens with zero attached hydrogens (tertiary/aromatic N) is 1. The molecule has 4 aromatic carbocycles. The average Bonchev–Trinajstić information content (AvgIpc) is 3.54. The molecule has 3 heteroatoms. The Labute approximate surface area is 219 Å². The van der Waals surface area contributed by atoms with Crippen molar-refractivity contribution in [1.82, 2.24) is 0 Å². The predicted octanol–water partition coefficient (Wildman–Crippen LogP) is 5.13. The molecule has 2 aliphatic rings. The molecule has 6 rings (SSSR count). The number of hydrazone groups is 1. The molecule has 180 valence electrons. The molecular formula is C33H34N2Sn. The van der Waals surface area contributed by atoms with Crippen LogP contribution in [0.25, 0.3) is 0 Å². The van der Waals surface area contributed by atoms with Gasteiger partial charge in [0.1, 0.15) is 0 Å². The fourth-order valence-electron chi connectivity index (χ4n) is 7.97. The Morgan fingerprint density at radius 1 is 0.694 bits per heavy atom. The summed E-state index contributed by atoms with van der Waals surface area (Å²) in [4.78, 5) is 0. The third-order valence-electron chi connectivity index (χ3n) is 9.11. The molecule has 0 aliphatic heterocycles. The van der Waals surface area contributed by atoms with Crippen LogP contribution < -0.4 is 16.6 Å². The van der Waals surface area contributed by atoms with Gasteiger partial charge in [-0.2, -0.15) is 0 Å². The number of nitrogens with two attached hydrogens (primary N) is 1. The zero-order valence-corrected chi connectivity index (χ0v) is 23.6. The molecule has 0 spiro atoms. The van der Waals surface area contributed by atoms with Gasteiger partial charge in [0.15, 0.2) is 0 Å². The monoisotopic (exact) mass is 578 g/mol. The van der Waals surface area contributed by atoms with Crippen molar-refractivity contribution in [3.63, 3.8) is 0 Å². The number of fused-ring (bicyclic) bond motifs is 2. The first kappa shape index (κ1) is 23.5. The van der Waals surface area contributed by atoms with E-state index < -0.39 is 18.4 Å². The van der Waals surface area contributed by atoms with Crippen LogP contribution in [-0.4, -0.2) is 24.6 Å². The molecule has 0 saturated heterocycles. The topological polar surface area (TPSA) is 38.4 Å². The van der Waals surface area contributed by atoms with E-state index in [9.17, 15) is 0 Å². The van der Waals surface area contributed by atoms with E-state index in [1.165, 1.54) is 24.8 Å². The summed E-state index contributed by atoms with van der Waals surface area (Å²) >= 11 is -3.64. The van der Waals surface area contributed by atoms with Crippen molar-refractivity contribution in [3.8, 4) is 0 Å². The van der Waals surface area contributed by atoms with Gasteiger partial charge in [-0.3, -0.25) is 0 Å². The molecule has 2 nitrogen and oxygen atoms in total. The number of hydrogen-bond acceptors (Lipinski definition) is 2. The van der Waals surface area contributed by atoms with Crippen molar-refractivity contribution in [3.05, 3.63) is 127 Å². The van der Waals surface area contributed by atoms with Crippen molar-refractivity contribution in [2.45, 2.75) is 29.6 Å². The molecule has 0 radical (unpaired) electrons. The summed E-state index contributed by atoms with van der Waals surface area (Å²) in [5.41, 5.74) is 1.35. The Kier molecular flexibility index (Phi) is 6.47. The third kappa shape index (κ3) is 3.73. The Morgan fingerprint density at radius 2 is 1.17 bits per heavy atom. The van der Waals surface area contributed by atoms with Gasteiger partial charge in [0.2, 0.25) is 0 Å². The van der Waals surface area contributed by atoms with E-state index in [4.69, 9.17) is 5.84 Å². The van der Waals surface area contributed by atoms with E-state index in [0.717, 1.165) is 6.42 Å². The summed E-state index contributed by atoms with van der Waals surface area (Å²) in [5.74, 6) is 7.40. The molecule has 2 fully saturated rings. The summed E-state index contributed by atoms with van der Waals surface area (Å²) in [6.45, 7) is 0. The molecule has 2 aliphatic carbocycles. The number of benzene rings is 4. The van der Waals surface area contributed by atoms with Crippen molar-refractivity contribution in [2.24, 2.45) is 28.2 Å².